The highest BCUT2D eigenvalue weighted by molar-refractivity contribution is 9.10. The van der Waals surface area contributed by atoms with Gasteiger partial charge in [-0.3, -0.25) is 4.79 Å². The first kappa shape index (κ1) is 16.0. The van der Waals surface area contributed by atoms with E-state index in [1.54, 1.807) is 18.2 Å². The number of hydrogen-bond donors (Lipinski definition) is 2. The lowest BCUT2D eigenvalue weighted by atomic mass is 10.0. The lowest BCUT2D eigenvalue weighted by Gasteiger charge is -2.17. The molecule has 1 rings (SSSR count). The third-order valence-electron chi connectivity index (χ3n) is 2.48. The molecule has 19 heavy (non-hydrogen) atoms. The molecule has 2 N–H and O–H groups in total. The molecule has 0 aliphatic heterocycles. The molecule has 1 atom stereocenters. The van der Waals surface area contributed by atoms with E-state index in [1.807, 2.05) is 13.8 Å². The van der Waals surface area contributed by atoms with Crippen LogP contribution >= 0.6 is 27.5 Å². The Hall–Kier alpha value is -1.07. The van der Waals surface area contributed by atoms with Gasteiger partial charge in [0.05, 0.1) is 10.6 Å². The molecule has 1 amide bonds. The van der Waals surface area contributed by atoms with E-state index in [0.717, 1.165) is 0 Å². The van der Waals surface area contributed by atoms with Gasteiger partial charge in [0, 0.05) is 4.47 Å². The molecular formula is C13H15BrClNO3. The molecule has 0 aliphatic rings. The van der Waals surface area contributed by atoms with Crippen LogP contribution in [0.3, 0.4) is 0 Å². The minimum Gasteiger partial charge on any atom is -0.480 e. The molecule has 1 aromatic rings. The number of carboxylic acids is 1. The van der Waals surface area contributed by atoms with Crippen LogP contribution in [0.1, 0.15) is 30.6 Å². The van der Waals surface area contributed by atoms with Gasteiger partial charge in [0.2, 0.25) is 0 Å². The highest BCUT2D eigenvalue weighted by Gasteiger charge is 2.22. The van der Waals surface area contributed by atoms with Crippen molar-refractivity contribution < 1.29 is 14.7 Å². The van der Waals surface area contributed by atoms with Crippen molar-refractivity contribution in [2.45, 2.75) is 26.3 Å². The van der Waals surface area contributed by atoms with Gasteiger partial charge in [-0.15, -0.1) is 0 Å². The zero-order chi connectivity index (χ0) is 14.6. The van der Waals surface area contributed by atoms with E-state index in [9.17, 15) is 9.59 Å². The summed E-state index contributed by atoms with van der Waals surface area (Å²) in [6.07, 6.45) is 0.368. The van der Waals surface area contributed by atoms with E-state index in [-0.39, 0.29) is 16.5 Å². The molecule has 0 aliphatic carbocycles. The molecule has 0 heterocycles. The average Bonchev–Trinajstić information content (AvgIpc) is 2.30. The van der Waals surface area contributed by atoms with Crippen molar-refractivity contribution in [2.24, 2.45) is 5.92 Å². The van der Waals surface area contributed by atoms with Crippen LogP contribution in [0, 0.1) is 5.92 Å². The zero-order valence-corrected chi connectivity index (χ0v) is 13.0. The van der Waals surface area contributed by atoms with Crippen molar-refractivity contribution in [3.8, 4) is 0 Å². The second-order valence-electron chi connectivity index (χ2n) is 4.62. The minimum atomic E-state index is -1.05. The Bertz CT molecular complexity index is 491. The fraction of sp³-hybridized carbons (Fsp3) is 0.385. The normalized spacial score (nSPS) is 12.3. The summed E-state index contributed by atoms with van der Waals surface area (Å²) in [6, 6.07) is 3.94. The Morgan fingerprint density at radius 2 is 2.05 bits per heavy atom. The van der Waals surface area contributed by atoms with Gasteiger partial charge in [0.25, 0.3) is 5.91 Å². The molecule has 6 heteroatoms. The van der Waals surface area contributed by atoms with Crippen LogP contribution in [0.5, 0.6) is 0 Å². The predicted octanol–water partition coefficient (Wildman–Crippen LogP) is 3.33. The van der Waals surface area contributed by atoms with Crippen molar-refractivity contribution in [3.05, 3.63) is 33.3 Å². The zero-order valence-electron chi connectivity index (χ0n) is 10.6. The molecule has 0 saturated heterocycles. The predicted molar refractivity (Wildman–Crippen MR) is 77.5 cm³/mol. The maximum atomic E-state index is 12.0. The van der Waals surface area contributed by atoms with Crippen LogP contribution in [-0.2, 0) is 4.79 Å². The summed E-state index contributed by atoms with van der Waals surface area (Å²) in [7, 11) is 0. The van der Waals surface area contributed by atoms with Gasteiger partial charge in [-0.2, -0.15) is 0 Å². The number of benzene rings is 1. The first-order valence-corrected chi connectivity index (χ1v) is 6.97. The molecule has 1 unspecified atom stereocenters. The van der Waals surface area contributed by atoms with Crippen LogP contribution in [0.2, 0.25) is 5.02 Å². The van der Waals surface area contributed by atoms with Gasteiger partial charge in [-0.25, -0.2) is 4.79 Å². The number of aliphatic carboxylic acids is 1. The molecular weight excluding hydrogens is 334 g/mol. The lowest BCUT2D eigenvalue weighted by Crippen LogP contribution is -2.41. The molecule has 0 aromatic heterocycles. The SMILES string of the molecule is CC(C)CC(NC(=O)c1cc(Br)ccc1Cl)C(=O)O. The summed E-state index contributed by atoms with van der Waals surface area (Å²) in [6.45, 7) is 3.79. The number of carbonyl (C=O) groups excluding carboxylic acids is 1. The summed E-state index contributed by atoms with van der Waals surface area (Å²) in [5.41, 5.74) is 0.256. The van der Waals surface area contributed by atoms with Crippen molar-refractivity contribution in [1.82, 2.24) is 5.32 Å². The summed E-state index contributed by atoms with van der Waals surface area (Å²) in [5, 5.41) is 11.9. The van der Waals surface area contributed by atoms with Crippen molar-refractivity contribution in [2.75, 3.05) is 0 Å². The third kappa shape index (κ3) is 4.84. The van der Waals surface area contributed by atoms with E-state index in [4.69, 9.17) is 16.7 Å². The molecule has 0 radical (unpaired) electrons. The summed E-state index contributed by atoms with van der Waals surface area (Å²) in [4.78, 5) is 23.1. The second kappa shape index (κ2) is 6.91. The van der Waals surface area contributed by atoms with Crippen molar-refractivity contribution >= 4 is 39.4 Å². The Morgan fingerprint density at radius 3 is 2.58 bits per heavy atom. The van der Waals surface area contributed by atoms with E-state index >= 15 is 0 Å². The van der Waals surface area contributed by atoms with Gasteiger partial charge in [-0.05, 0) is 30.5 Å². The highest BCUT2D eigenvalue weighted by Crippen LogP contribution is 2.21. The number of nitrogens with one attached hydrogen (secondary N) is 1. The standard InChI is InChI=1S/C13H15BrClNO3/c1-7(2)5-11(13(18)19)16-12(17)9-6-8(14)3-4-10(9)15/h3-4,6-7,11H,5H2,1-2H3,(H,16,17)(H,18,19). The van der Waals surface area contributed by atoms with E-state index < -0.39 is 17.9 Å². The van der Waals surface area contributed by atoms with Gasteiger partial charge >= 0.3 is 5.97 Å². The lowest BCUT2D eigenvalue weighted by molar-refractivity contribution is -0.139. The van der Waals surface area contributed by atoms with Gasteiger partial charge in [-0.1, -0.05) is 41.4 Å². The van der Waals surface area contributed by atoms with Crippen molar-refractivity contribution in [1.29, 1.82) is 0 Å². The highest BCUT2D eigenvalue weighted by atomic mass is 79.9. The number of halogens is 2. The Kier molecular flexibility index (Phi) is 5.82. The van der Waals surface area contributed by atoms with Crippen LogP contribution in [-0.4, -0.2) is 23.0 Å². The quantitative estimate of drug-likeness (QED) is 0.857. The molecule has 4 nitrogen and oxygen atoms in total. The van der Waals surface area contributed by atoms with Crippen LogP contribution < -0.4 is 5.32 Å². The Balaban J connectivity index is 2.87. The average molecular weight is 349 g/mol. The molecule has 1 aromatic carbocycles. The molecule has 0 bridgehead atoms. The van der Waals surface area contributed by atoms with Crippen LogP contribution in [0.4, 0.5) is 0 Å². The van der Waals surface area contributed by atoms with E-state index in [1.165, 1.54) is 0 Å². The summed E-state index contributed by atoms with van der Waals surface area (Å²) < 4.78 is 0.706. The Labute approximate surface area is 125 Å². The fourth-order valence-electron chi connectivity index (χ4n) is 1.60. The number of amides is 1. The monoisotopic (exact) mass is 347 g/mol. The number of rotatable bonds is 5. The second-order valence-corrected chi connectivity index (χ2v) is 5.94. The smallest absolute Gasteiger partial charge is 0.326 e. The van der Waals surface area contributed by atoms with E-state index in [2.05, 4.69) is 21.2 Å². The first-order valence-electron chi connectivity index (χ1n) is 5.80. The maximum Gasteiger partial charge on any atom is 0.326 e. The Morgan fingerprint density at radius 1 is 1.42 bits per heavy atom. The molecule has 0 fully saturated rings. The van der Waals surface area contributed by atoms with Crippen LogP contribution in [0.15, 0.2) is 22.7 Å². The fourth-order valence-corrected chi connectivity index (χ4v) is 2.16. The van der Waals surface area contributed by atoms with Gasteiger partial charge in [0.1, 0.15) is 6.04 Å². The first-order chi connectivity index (χ1) is 8.81. The van der Waals surface area contributed by atoms with E-state index in [0.29, 0.717) is 10.9 Å². The number of carboxylic acid groups (broad SMARTS) is 1. The van der Waals surface area contributed by atoms with Crippen LogP contribution in [0.25, 0.3) is 0 Å². The summed E-state index contributed by atoms with van der Waals surface area (Å²) in [5.74, 6) is -1.37. The molecule has 104 valence electrons. The number of carbonyl (C=O) groups is 2. The largest absolute Gasteiger partial charge is 0.480 e. The molecule has 0 saturated carbocycles. The topological polar surface area (TPSA) is 66.4 Å². The minimum absolute atomic E-state index is 0.166. The van der Waals surface area contributed by atoms with Gasteiger partial charge < -0.3 is 10.4 Å². The molecule has 0 spiro atoms. The van der Waals surface area contributed by atoms with Gasteiger partial charge in [0.15, 0.2) is 0 Å². The summed E-state index contributed by atoms with van der Waals surface area (Å²) >= 11 is 9.18. The maximum absolute atomic E-state index is 12.0. The third-order valence-corrected chi connectivity index (χ3v) is 3.31. The number of hydrogen-bond acceptors (Lipinski definition) is 2. The van der Waals surface area contributed by atoms with Crippen molar-refractivity contribution in [3.63, 3.8) is 0 Å².